The van der Waals surface area contributed by atoms with Crippen LogP contribution >= 0.6 is 8.69 Å². The Morgan fingerprint density at radius 1 is 1.44 bits per heavy atom. The minimum atomic E-state index is -2.83. The predicted octanol–water partition coefficient (Wildman–Crippen LogP) is 4.25. The van der Waals surface area contributed by atoms with Crippen LogP contribution in [0.1, 0.15) is 38.3 Å². The molecule has 0 aliphatic carbocycles. The van der Waals surface area contributed by atoms with E-state index in [-0.39, 0.29) is 5.41 Å². The van der Waals surface area contributed by atoms with Gasteiger partial charge in [0.2, 0.25) is 0 Å². The third-order valence-corrected chi connectivity index (χ3v) is 3.36. The molecule has 4 heteroatoms. The molecule has 1 atom stereocenters. The lowest BCUT2D eigenvalue weighted by Crippen LogP contribution is -2.15. The highest BCUT2D eigenvalue weighted by Gasteiger charge is 2.19. The third kappa shape index (κ3) is 3.16. The number of halogens is 1. The third-order valence-electron chi connectivity index (χ3n) is 3.01. The van der Waals surface area contributed by atoms with Crippen molar-refractivity contribution < 1.29 is 13.6 Å². The molecule has 1 unspecified atom stereocenters. The minimum absolute atomic E-state index is 0.100. The van der Waals surface area contributed by atoms with Crippen molar-refractivity contribution in [2.75, 3.05) is 0 Å². The van der Waals surface area contributed by atoms with E-state index in [1.807, 2.05) is 19.1 Å². The zero-order valence-corrected chi connectivity index (χ0v) is 11.0. The zero-order valence-electron chi connectivity index (χ0n) is 10.1. The summed E-state index contributed by atoms with van der Waals surface area (Å²) in [7, 11) is -2.83. The molecule has 1 aromatic carbocycles. The second kappa shape index (κ2) is 5.11. The number of hydrogen-bond acceptors (Lipinski definition) is 2. The zero-order chi connectivity index (χ0) is 12.3. The highest BCUT2D eigenvalue weighted by atomic mass is 31.2. The Kier molecular flexibility index (Phi) is 4.28. The van der Waals surface area contributed by atoms with Gasteiger partial charge in [0.15, 0.2) is 0 Å². The highest BCUT2D eigenvalue weighted by molar-refractivity contribution is 7.40. The average Bonchev–Trinajstić information content (AvgIpc) is 2.20. The number of aryl methyl sites for hydroxylation is 1. The quantitative estimate of drug-likeness (QED) is 0.802. The van der Waals surface area contributed by atoms with Gasteiger partial charge in [0.05, 0.1) is 0 Å². The van der Waals surface area contributed by atoms with Crippen molar-refractivity contribution in [3.8, 4) is 5.75 Å². The van der Waals surface area contributed by atoms with Crippen LogP contribution in [-0.4, -0.2) is 4.89 Å². The van der Waals surface area contributed by atoms with Crippen LogP contribution in [0.2, 0.25) is 0 Å². The minimum Gasteiger partial charge on any atom is -0.424 e. The van der Waals surface area contributed by atoms with Crippen LogP contribution in [0, 0.1) is 6.92 Å². The van der Waals surface area contributed by atoms with Crippen molar-refractivity contribution in [3.05, 3.63) is 29.3 Å². The van der Waals surface area contributed by atoms with Crippen LogP contribution in [0.15, 0.2) is 18.2 Å². The van der Waals surface area contributed by atoms with E-state index in [1.54, 1.807) is 6.07 Å². The Labute approximate surface area is 97.5 Å². The molecule has 0 bridgehead atoms. The standard InChI is InChI=1S/C12H18FO2P/c1-5-12(3,4)10-6-7-11(9(2)8-10)15-16(13)14/h6-8,14H,5H2,1-4H3. The second-order valence-electron chi connectivity index (χ2n) is 4.54. The van der Waals surface area contributed by atoms with E-state index in [1.165, 1.54) is 5.56 Å². The molecule has 1 aromatic rings. The molecule has 0 radical (unpaired) electrons. The molecule has 0 fully saturated rings. The van der Waals surface area contributed by atoms with Crippen molar-refractivity contribution in [2.45, 2.75) is 39.5 Å². The van der Waals surface area contributed by atoms with Crippen LogP contribution in [-0.2, 0) is 5.41 Å². The van der Waals surface area contributed by atoms with E-state index in [9.17, 15) is 4.20 Å². The van der Waals surface area contributed by atoms with Gasteiger partial charge in [0.1, 0.15) is 5.75 Å². The summed E-state index contributed by atoms with van der Waals surface area (Å²) in [6.45, 7) is 8.31. The molecular weight excluding hydrogens is 226 g/mol. The Hall–Kier alpha value is -0.660. The van der Waals surface area contributed by atoms with Crippen molar-refractivity contribution in [1.29, 1.82) is 0 Å². The van der Waals surface area contributed by atoms with Crippen LogP contribution in [0.25, 0.3) is 0 Å². The van der Waals surface area contributed by atoms with Gasteiger partial charge < -0.3 is 9.42 Å². The molecule has 0 aliphatic heterocycles. The van der Waals surface area contributed by atoms with E-state index in [2.05, 4.69) is 20.8 Å². The van der Waals surface area contributed by atoms with Gasteiger partial charge in [0.25, 0.3) is 0 Å². The van der Waals surface area contributed by atoms with Gasteiger partial charge in [-0.15, -0.1) is 4.20 Å². The summed E-state index contributed by atoms with van der Waals surface area (Å²) in [5.74, 6) is 0.409. The van der Waals surface area contributed by atoms with E-state index in [0.29, 0.717) is 5.75 Å². The first-order valence-corrected chi connectivity index (χ1v) is 6.41. The fraction of sp³-hybridized carbons (Fsp3) is 0.500. The summed E-state index contributed by atoms with van der Waals surface area (Å²) in [5.41, 5.74) is 2.14. The molecule has 16 heavy (non-hydrogen) atoms. The molecule has 0 amide bonds. The van der Waals surface area contributed by atoms with Gasteiger partial charge in [-0.3, -0.25) is 0 Å². The molecule has 2 nitrogen and oxygen atoms in total. The van der Waals surface area contributed by atoms with Crippen LogP contribution < -0.4 is 4.52 Å². The van der Waals surface area contributed by atoms with E-state index in [0.717, 1.165) is 12.0 Å². The number of hydrogen-bond donors (Lipinski definition) is 1. The Morgan fingerprint density at radius 3 is 2.50 bits per heavy atom. The molecular formula is C12H18FO2P. The van der Waals surface area contributed by atoms with Crippen molar-refractivity contribution in [2.24, 2.45) is 0 Å². The van der Waals surface area contributed by atoms with E-state index in [4.69, 9.17) is 9.42 Å². The van der Waals surface area contributed by atoms with Gasteiger partial charge in [-0.25, -0.2) is 0 Å². The maximum absolute atomic E-state index is 12.4. The highest BCUT2D eigenvalue weighted by Crippen LogP contribution is 2.38. The molecule has 0 saturated heterocycles. The second-order valence-corrected chi connectivity index (χ2v) is 5.17. The first-order valence-electron chi connectivity index (χ1n) is 5.30. The summed E-state index contributed by atoms with van der Waals surface area (Å²) < 4.78 is 17.1. The number of benzene rings is 1. The molecule has 0 saturated carbocycles. The smallest absolute Gasteiger partial charge is 0.424 e. The van der Waals surface area contributed by atoms with E-state index < -0.39 is 8.69 Å². The topological polar surface area (TPSA) is 29.5 Å². The molecule has 0 heterocycles. The molecule has 1 N–H and O–H groups in total. The van der Waals surface area contributed by atoms with Crippen molar-refractivity contribution >= 4 is 8.69 Å². The lowest BCUT2D eigenvalue weighted by atomic mass is 9.82. The summed E-state index contributed by atoms with van der Waals surface area (Å²) in [6, 6.07) is 5.62. The van der Waals surface area contributed by atoms with Crippen molar-refractivity contribution in [3.63, 3.8) is 0 Å². The van der Waals surface area contributed by atoms with Gasteiger partial charge >= 0.3 is 8.69 Å². The Morgan fingerprint density at radius 2 is 2.06 bits per heavy atom. The van der Waals surface area contributed by atoms with E-state index >= 15 is 0 Å². The van der Waals surface area contributed by atoms with Crippen LogP contribution in [0.3, 0.4) is 0 Å². The predicted molar refractivity (Wildman–Crippen MR) is 65.4 cm³/mol. The normalized spacial score (nSPS) is 13.6. The maximum Gasteiger partial charge on any atom is 0.436 e. The largest absolute Gasteiger partial charge is 0.436 e. The Bertz CT molecular complexity index is 364. The van der Waals surface area contributed by atoms with Crippen molar-refractivity contribution in [1.82, 2.24) is 0 Å². The fourth-order valence-electron chi connectivity index (χ4n) is 1.46. The summed E-state index contributed by atoms with van der Waals surface area (Å²) in [4.78, 5) is 8.58. The summed E-state index contributed by atoms with van der Waals surface area (Å²) in [5, 5.41) is 0. The molecule has 90 valence electrons. The summed E-state index contributed by atoms with van der Waals surface area (Å²) >= 11 is 0. The lowest BCUT2D eigenvalue weighted by molar-refractivity contribution is 0.431. The fourth-order valence-corrected chi connectivity index (χ4v) is 1.83. The summed E-state index contributed by atoms with van der Waals surface area (Å²) in [6.07, 6.45) is 1.03. The lowest BCUT2D eigenvalue weighted by Gasteiger charge is -2.24. The maximum atomic E-state index is 12.4. The van der Waals surface area contributed by atoms with Crippen LogP contribution in [0.4, 0.5) is 4.20 Å². The van der Waals surface area contributed by atoms with Gasteiger partial charge in [-0.05, 0) is 36.0 Å². The number of rotatable bonds is 4. The first kappa shape index (κ1) is 13.4. The SMILES string of the molecule is CCC(C)(C)c1ccc(OP(O)F)c(C)c1. The van der Waals surface area contributed by atoms with Gasteiger partial charge in [0, 0.05) is 0 Å². The van der Waals surface area contributed by atoms with Gasteiger partial charge in [-0.2, -0.15) is 0 Å². The van der Waals surface area contributed by atoms with Crippen LogP contribution in [0.5, 0.6) is 5.75 Å². The monoisotopic (exact) mass is 244 g/mol. The average molecular weight is 244 g/mol. The Balaban J connectivity index is 2.99. The first-order chi connectivity index (χ1) is 7.36. The van der Waals surface area contributed by atoms with Gasteiger partial charge in [-0.1, -0.05) is 32.9 Å². The molecule has 0 aliphatic rings. The molecule has 0 aromatic heterocycles. The molecule has 1 rings (SSSR count). The molecule has 0 spiro atoms.